The van der Waals surface area contributed by atoms with E-state index < -0.39 is 18.5 Å². The molecule has 0 aromatic heterocycles. The third-order valence-electron chi connectivity index (χ3n) is 4.57. The number of benzene rings is 2. The molecule has 8 heteroatoms. The fourth-order valence-corrected chi connectivity index (χ4v) is 3.21. The first kappa shape index (κ1) is 20.2. The third-order valence-corrected chi connectivity index (χ3v) is 4.57. The van der Waals surface area contributed by atoms with E-state index in [1.807, 2.05) is 0 Å². The van der Waals surface area contributed by atoms with Gasteiger partial charge in [0, 0.05) is 12.5 Å². The summed E-state index contributed by atoms with van der Waals surface area (Å²) >= 11 is 0. The van der Waals surface area contributed by atoms with Crippen molar-refractivity contribution in [2.45, 2.75) is 19.4 Å². The number of hydrogen-bond acceptors (Lipinski definition) is 6. The van der Waals surface area contributed by atoms with Gasteiger partial charge in [0.15, 0.2) is 18.1 Å². The molecule has 2 aromatic rings. The lowest BCUT2D eigenvalue weighted by Gasteiger charge is -2.27. The first-order chi connectivity index (χ1) is 13.9. The van der Waals surface area contributed by atoms with Crippen LogP contribution in [0.1, 0.15) is 23.7 Å². The van der Waals surface area contributed by atoms with Crippen LogP contribution in [0.3, 0.4) is 0 Å². The van der Waals surface area contributed by atoms with Crippen LogP contribution in [0.2, 0.25) is 0 Å². The van der Waals surface area contributed by atoms with Crippen LogP contribution < -0.4 is 19.7 Å². The van der Waals surface area contributed by atoms with Crippen molar-refractivity contribution in [1.82, 2.24) is 0 Å². The minimum Gasteiger partial charge on any atom is -0.493 e. The van der Waals surface area contributed by atoms with E-state index in [1.165, 1.54) is 31.3 Å². The van der Waals surface area contributed by atoms with Gasteiger partial charge in [-0.25, -0.2) is 4.79 Å². The number of para-hydroxylation sites is 2. The van der Waals surface area contributed by atoms with Gasteiger partial charge in [0.2, 0.25) is 5.91 Å². The number of hydrogen-bond donors (Lipinski definition) is 1. The molecule has 0 radical (unpaired) electrons. The average molecular weight is 398 g/mol. The fraction of sp³-hybridized carbons (Fsp3) is 0.286. The van der Waals surface area contributed by atoms with Crippen molar-refractivity contribution in [2.75, 3.05) is 31.0 Å². The highest BCUT2D eigenvalue weighted by Crippen LogP contribution is 2.31. The molecular weight excluding hydrogens is 376 g/mol. The molecule has 152 valence electrons. The van der Waals surface area contributed by atoms with E-state index in [0.717, 1.165) is 0 Å². The highest BCUT2D eigenvalue weighted by Gasteiger charge is 2.30. The SMILES string of the molecule is COc1ccc(C(=O)OCC(=O)N2c3ccccc3NC(=O)C[C@H]2C)cc1OC. The number of carbonyl (C=O) groups excluding carboxylic acids is 3. The zero-order valence-electron chi connectivity index (χ0n) is 16.4. The van der Waals surface area contributed by atoms with Crippen molar-refractivity contribution >= 4 is 29.2 Å². The van der Waals surface area contributed by atoms with Crippen molar-refractivity contribution < 1.29 is 28.6 Å². The Balaban J connectivity index is 1.75. The smallest absolute Gasteiger partial charge is 0.338 e. The summed E-state index contributed by atoms with van der Waals surface area (Å²) in [4.78, 5) is 38.8. The van der Waals surface area contributed by atoms with E-state index in [2.05, 4.69) is 5.32 Å². The third kappa shape index (κ3) is 4.31. The van der Waals surface area contributed by atoms with E-state index >= 15 is 0 Å². The number of fused-ring (bicyclic) bond motifs is 1. The number of carbonyl (C=O) groups is 3. The Morgan fingerprint density at radius 3 is 2.55 bits per heavy atom. The van der Waals surface area contributed by atoms with E-state index in [0.29, 0.717) is 22.9 Å². The normalized spacial score (nSPS) is 15.6. The summed E-state index contributed by atoms with van der Waals surface area (Å²) in [5, 5.41) is 2.79. The van der Waals surface area contributed by atoms with Crippen molar-refractivity contribution in [3.8, 4) is 11.5 Å². The summed E-state index contributed by atoms with van der Waals surface area (Å²) in [6, 6.07) is 11.2. The van der Waals surface area contributed by atoms with Gasteiger partial charge < -0.3 is 24.4 Å². The lowest BCUT2D eigenvalue weighted by molar-refractivity contribution is -0.122. The molecule has 1 aliphatic rings. The van der Waals surface area contributed by atoms with Gasteiger partial charge in [0.25, 0.3) is 5.91 Å². The van der Waals surface area contributed by atoms with Crippen molar-refractivity contribution in [3.05, 3.63) is 48.0 Å². The van der Waals surface area contributed by atoms with Gasteiger partial charge in [-0.2, -0.15) is 0 Å². The maximum Gasteiger partial charge on any atom is 0.338 e. The number of anilines is 2. The standard InChI is InChI=1S/C21H22N2O6/c1-13-10-19(24)22-15-6-4-5-7-16(15)23(13)20(25)12-29-21(26)14-8-9-17(27-2)18(11-14)28-3/h4-9,11,13H,10,12H2,1-3H3,(H,22,24)/t13-/m1/s1. The average Bonchev–Trinajstić information content (AvgIpc) is 2.85. The van der Waals surface area contributed by atoms with Crippen LogP contribution in [0.25, 0.3) is 0 Å². The van der Waals surface area contributed by atoms with Crippen molar-refractivity contribution in [1.29, 1.82) is 0 Å². The van der Waals surface area contributed by atoms with Crippen LogP contribution in [-0.4, -0.2) is 44.7 Å². The van der Waals surface area contributed by atoms with Gasteiger partial charge in [-0.1, -0.05) is 12.1 Å². The molecule has 1 aliphatic heterocycles. The maximum atomic E-state index is 12.9. The Labute approximate surface area is 168 Å². The van der Waals surface area contributed by atoms with Gasteiger partial charge in [-0.3, -0.25) is 9.59 Å². The summed E-state index contributed by atoms with van der Waals surface area (Å²) in [5.41, 5.74) is 1.34. The van der Waals surface area contributed by atoms with E-state index in [4.69, 9.17) is 14.2 Å². The van der Waals surface area contributed by atoms with Gasteiger partial charge in [-0.15, -0.1) is 0 Å². The number of rotatable bonds is 5. The number of esters is 1. The van der Waals surface area contributed by atoms with Crippen LogP contribution in [0.5, 0.6) is 11.5 Å². The molecule has 2 aromatic carbocycles. The molecule has 1 heterocycles. The molecule has 0 unspecified atom stereocenters. The second kappa shape index (κ2) is 8.64. The summed E-state index contributed by atoms with van der Waals surface area (Å²) in [6.45, 7) is 1.32. The van der Waals surface area contributed by atoms with Gasteiger partial charge >= 0.3 is 5.97 Å². The second-order valence-electron chi connectivity index (χ2n) is 6.53. The molecule has 0 fully saturated rings. The predicted octanol–water partition coefficient (Wildman–Crippen LogP) is 2.62. The van der Waals surface area contributed by atoms with Gasteiger partial charge in [0.05, 0.1) is 31.2 Å². The van der Waals surface area contributed by atoms with Gasteiger partial charge in [-0.05, 0) is 37.3 Å². The van der Waals surface area contributed by atoms with E-state index in [9.17, 15) is 14.4 Å². The highest BCUT2D eigenvalue weighted by atomic mass is 16.5. The number of amides is 2. The first-order valence-corrected chi connectivity index (χ1v) is 9.04. The Morgan fingerprint density at radius 2 is 1.83 bits per heavy atom. The minimum absolute atomic E-state index is 0.143. The van der Waals surface area contributed by atoms with E-state index in [-0.39, 0.29) is 23.9 Å². The van der Waals surface area contributed by atoms with Crippen molar-refractivity contribution in [3.63, 3.8) is 0 Å². The van der Waals surface area contributed by atoms with Crippen LogP contribution >= 0.6 is 0 Å². The first-order valence-electron chi connectivity index (χ1n) is 9.04. The second-order valence-corrected chi connectivity index (χ2v) is 6.53. The van der Waals surface area contributed by atoms with Crippen molar-refractivity contribution in [2.24, 2.45) is 0 Å². The molecule has 2 amide bonds. The summed E-state index contributed by atoms with van der Waals surface area (Å²) in [5.74, 6) is -0.401. The Bertz CT molecular complexity index is 943. The predicted molar refractivity (Wildman–Crippen MR) is 106 cm³/mol. The van der Waals surface area contributed by atoms with Crippen LogP contribution in [0, 0.1) is 0 Å². The largest absolute Gasteiger partial charge is 0.493 e. The molecule has 0 bridgehead atoms. The molecule has 29 heavy (non-hydrogen) atoms. The van der Waals surface area contributed by atoms with Crippen LogP contribution in [-0.2, 0) is 14.3 Å². The number of methoxy groups -OCH3 is 2. The molecule has 0 spiro atoms. The zero-order valence-corrected chi connectivity index (χ0v) is 16.4. The topological polar surface area (TPSA) is 94.2 Å². The Hall–Kier alpha value is -3.55. The zero-order chi connectivity index (χ0) is 21.0. The van der Waals surface area contributed by atoms with Gasteiger partial charge in [0.1, 0.15) is 0 Å². The summed E-state index contributed by atoms with van der Waals surface area (Å²) in [6.07, 6.45) is 0.143. The fourth-order valence-electron chi connectivity index (χ4n) is 3.21. The Kier molecular flexibility index (Phi) is 6.01. The van der Waals surface area contributed by atoms with Crippen LogP contribution in [0.15, 0.2) is 42.5 Å². The monoisotopic (exact) mass is 398 g/mol. The van der Waals surface area contributed by atoms with E-state index in [1.54, 1.807) is 37.3 Å². The van der Waals surface area contributed by atoms with Crippen LogP contribution in [0.4, 0.5) is 11.4 Å². The molecule has 1 atom stereocenters. The number of ether oxygens (including phenoxy) is 3. The minimum atomic E-state index is -0.663. The molecule has 1 N–H and O–H groups in total. The lowest BCUT2D eigenvalue weighted by Crippen LogP contribution is -2.41. The summed E-state index contributed by atoms with van der Waals surface area (Å²) in [7, 11) is 2.96. The Morgan fingerprint density at radius 1 is 1.10 bits per heavy atom. The lowest BCUT2D eigenvalue weighted by atomic mass is 10.1. The molecular formula is C21H22N2O6. The highest BCUT2D eigenvalue weighted by molar-refractivity contribution is 6.05. The maximum absolute atomic E-state index is 12.9. The molecule has 8 nitrogen and oxygen atoms in total. The molecule has 0 saturated carbocycles. The summed E-state index contributed by atoms with van der Waals surface area (Å²) < 4.78 is 15.5. The molecule has 0 saturated heterocycles. The number of nitrogens with zero attached hydrogens (tertiary/aromatic N) is 1. The molecule has 0 aliphatic carbocycles. The quantitative estimate of drug-likeness (QED) is 0.778. The molecule has 3 rings (SSSR count). The number of nitrogens with one attached hydrogen (secondary N) is 1.